The number of ether oxygens (including phenoxy) is 2. The largest absolute Gasteiger partial charge is 0.472 e. The highest BCUT2D eigenvalue weighted by atomic mass is 31.2. The zero-order valence-electron chi connectivity index (χ0n) is 50.5. The predicted octanol–water partition coefficient (Wildman–Crippen LogP) is 21.4. The van der Waals surface area contributed by atoms with Crippen molar-refractivity contribution in [2.24, 2.45) is 5.73 Å². The summed E-state index contributed by atoms with van der Waals surface area (Å²) in [4.78, 5) is 35.3. The van der Waals surface area contributed by atoms with Crippen LogP contribution in [0.1, 0.15) is 354 Å². The standard InChI is InChI=1S/C66H128NO8P/c1-3-5-7-9-11-13-15-17-19-21-23-25-27-28-29-30-31-32-33-34-35-36-37-39-41-43-45-47-49-51-53-55-57-59-66(69)75-64(63-74-76(70,71)73-61-60-67)62-72-65(68)58-56-54-52-50-48-46-44-42-40-38-26-24-22-20-18-16-14-12-10-8-6-4-2/h15,17,21,23,64H,3-14,16,18-20,22,24-63,67H2,1-2H3,(H,70,71)/b17-15-,23-21-. The summed E-state index contributed by atoms with van der Waals surface area (Å²) in [6.45, 7) is 3.81. The maximum Gasteiger partial charge on any atom is 0.472 e. The molecule has 0 heterocycles. The maximum atomic E-state index is 12.7. The first-order valence-electron chi connectivity index (χ1n) is 33.3. The van der Waals surface area contributed by atoms with Crippen LogP contribution in [0.25, 0.3) is 0 Å². The number of rotatable bonds is 64. The summed E-state index contributed by atoms with van der Waals surface area (Å²) in [5, 5.41) is 0. The SMILES string of the molecule is CCCCCCC/C=C\C/C=C\CCCCCCCCCCCCCCCCCCCCCCCC(=O)OC(COC(=O)CCCCCCCCCCCCCCCCCCCCCCCC)COP(=O)(O)OCCN. The molecule has 10 heteroatoms. The van der Waals surface area contributed by atoms with Crippen LogP contribution in [0, 0.1) is 0 Å². The minimum Gasteiger partial charge on any atom is -0.462 e. The average Bonchev–Trinajstić information content (AvgIpc) is 3.41. The van der Waals surface area contributed by atoms with E-state index in [0.29, 0.717) is 6.42 Å². The Hall–Kier alpha value is -1.51. The van der Waals surface area contributed by atoms with Crippen molar-refractivity contribution in [3.63, 3.8) is 0 Å². The minimum atomic E-state index is -4.39. The first kappa shape index (κ1) is 74.5. The summed E-state index contributed by atoms with van der Waals surface area (Å²) in [5.74, 6) is -0.803. The van der Waals surface area contributed by atoms with E-state index in [1.807, 2.05) is 0 Å². The molecule has 0 aromatic carbocycles. The molecule has 76 heavy (non-hydrogen) atoms. The first-order valence-corrected chi connectivity index (χ1v) is 34.8. The summed E-state index contributed by atoms with van der Waals surface area (Å²) in [7, 11) is -4.39. The Bertz CT molecular complexity index is 1290. The number of hydrogen-bond donors (Lipinski definition) is 2. The van der Waals surface area contributed by atoms with Gasteiger partial charge in [0.2, 0.25) is 0 Å². The molecule has 0 rings (SSSR count). The third-order valence-electron chi connectivity index (χ3n) is 15.1. The number of allylic oxidation sites excluding steroid dienone is 4. The molecule has 0 aliphatic heterocycles. The van der Waals surface area contributed by atoms with E-state index >= 15 is 0 Å². The lowest BCUT2D eigenvalue weighted by Crippen LogP contribution is -2.29. The predicted molar refractivity (Wildman–Crippen MR) is 326 cm³/mol. The van der Waals surface area contributed by atoms with Crippen LogP contribution in [0.5, 0.6) is 0 Å². The maximum absolute atomic E-state index is 12.7. The molecule has 0 amide bonds. The summed E-state index contributed by atoms with van der Waals surface area (Å²) in [6.07, 6.45) is 75.5. The van der Waals surface area contributed by atoms with Gasteiger partial charge in [0.25, 0.3) is 0 Å². The van der Waals surface area contributed by atoms with Crippen molar-refractivity contribution in [3.8, 4) is 0 Å². The number of unbranched alkanes of at least 4 members (excludes halogenated alkanes) is 47. The molecule has 0 bridgehead atoms. The molecule has 0 aliphatic rings. The van der Waals surface area contributed by atoms with E-state index in [4.69, 9.17) is 24.3 Å². The Kier molecular flexibility index (Phi) is 61.4. The number of carbonyl (C=O) groups is 2. The Morgan fingerprint density at radius 1 is 0.395 bits per heavy atom. The second kappa shape index (κ2) is 62.7. The zero-order valence-corrected chi connectivity index (χ0v) is 51.4. The summed E-state index contributed by atoms with van der Waals surface area (Å²) >= 11 is 0. The molecule has 0 spiro atoms. The van der Waals surface area contributed by atoms with E-state index in [2.05, 4.69) is 38.2 Å². The van der Waals surface area contributed by atoms with E-state index in [-0.39, 0.29) is 38.6 Å². The highest BCUT2D eigenvalue weighted by molar-refractivity contribution is 7.47. The molecule has 0 saturated carbocycles. The van der Waals surface area contributed by atoms with Crippen LogP contribution in [0.3, 0.4) is 0 Å². The summed E-state index contributed by atoms with van der Waals surface area (Å²) < 4.78 is 33.1. The number of phosphoric acid groups is 1. The summed E-state index contributed by atoms with van der Waals surface area (Å²) in [6, 6.07) is 0. The number of carbonyl (C=O) groups excluding carboxylic acids is 2. The normalized spacial score (nSPS) is 13.1. The molecule has 0 aliphatic carbocycles. The number of esters is 2. The van der Waals surface area contributed by atoms with Gasteiger partial charge in [0, 0.05) is 19.4 Å². The summed E-state index contributed by atoms with van der Waals surface area (Å²) in [5.41, 5.74) is 5.40. The van der Waals surface area contributed by atoms with E-state index in [0.717, 1.165) is 38.5 Å². The Morgan fingerprint density at radius 2 is 0.684 bits per heavy atom. The third kappa shape index (κ3) is 61.7. The molecule has 3 N–H and O–H groups in total. The van der Waals surface area contributed by atoms with Crippen LogP contribution >= 0.6 is 7.82 Å². The minimum absolute atomic E-state index is 0.0571. The molecule has 0 radical (unpaired) electrons. The molecular formula is C66H128NO8P. The van der Waals surface area contributed by atoms with Crippen LogP contribution in [0.4, 0.5) is 0 Å². The van der Waals surface area contributed by atoms with Crippen molar-refractivity contribution in [1.29, 1.82) is 0 Å². The highest BCUT2D eigenvalue weighted by Gasteiger charge is 2.26. The lowest BCUT2D eigenvalue weighted by Gasteiger charge is -2.19. The molecular weight excluding hydrogens is 966 g/mol. The van der Waals surface area contributed by atoms with Gasteiger partial charge in [-0.05, 0) is 44.9 Å². The van der Waals surface area contributed by atoms with Crippen molar-refractivity contribution in [2.45, 2.75) is 360 Å². The Balaban J connectivity index is 3.82. The van der Waals surface area contributed by atoms with Crippen molar-refractivity contribution >= 4 is 19.8 Å². The van der Waals surface area contributed by atoms with Gasteiger partial charge in [0.05, 0.1) is 13.2 Å². The smallest absolute Gasteiger partial charge is 0.462 e. The van der Waals surface area contributed by atoms with Gasteiger partial charge < -0.3 is 20.1 Å². The van der Waals surface area contributed by atoms with E-state index in [1.165, 1.54) is 283 Å². The second-order valence-electron chi connectivity index (χ2n) is 22.7. The fourth-order valence-corrected chi connectivity index (χ4v) is 10.9. The van der Waals surface area contributed by atoms with Crippen molar-refractivity contribution in [3.05, 3.63) is 24.3 Å². The van der Waals surface area contributed by atoms with Gasteiger partial charge in [-0.1, -0.05) is 321 Å². The number of hydrogen-bond acceptors (Lipinski definition) is 8. The lowest BCUT2D eigenvalue weighted by molar-refractivity contribution is -0.161. The molecule has 2 atom stereocenters. The van der Waals surface area contributed by atoms with Crippen LogP contribution in [-0.2, 0) is 32.7 Å². The zero-order chi connectivity index (χ0) is 55.2. The van der Waals surface area contributed by atoms with Crippen LogP contribution in [-0.4, -0.2) is 49.3 Å². The molecule has 450 valence electrons. The van der Waals surface area contributed by atoms with Gasteiger partial charge in [-0.3, -0.25) is 18.6 Å². The van der Waals surface area contributed by atoms with Gasteiger partial charge in [-0.15, -0.1) is 0 Å². The van der Waals surface area contributed by atoms with Gasteiger partial charge in [-0.2, -0.15) is 0 Å². The van der Waals surface area contributed by atoms with Gasteiger partial charge in [-0.25, -0.2) is 4.57 Å². The Labute approximate surface area is 472 Å². The van der Waals surface area contributed by atoms with Gasteiger partial charge >= 0.3 is 19.8 Å². The van der Waals surface area contributed by atoms with Crippen LogP contribution in [0.15, 0.2) is 24.3 Å². The van der Waals surface area contributed by atoms with Crippen molar-refractivity contribution in [1.82, 2.24) is 0 Å². The van der Waals surface area contributed by atoms with Crippen molar-refractivity contribution in [2.75, 3.05) is 26.4 Å². The number of nitrogens with two attached hydrogens (primary N) is 1. The molecule has 9 nitrogen and oxygen atoms in total. The number of phosphoric ester groups is 1. The fraction of sp³-hybridized carbons (Fsp3) is 0.909. The van der Waals surface area contributed by atoms with Crippen LogP contribution < -0.4 is 5.73 Å². The molecule has 2 unspecified atom stereocenters. The monoisotopic (exact) mass is 1090 g/mol. The topological polar surface area (TPSA) is 134 Å². The van der Waals surface area contributed by atoms with E-state index in [1.54, 1.807) is 0 Å². The van der Waals surface area contributed by atoms with Crippen LogP contribution in [0.2, 0.25) is 0 Å². The molecule has 0 aromatic rings. The first-order chi connectivity index (χ1) is 37.3. The fourth-order valence-electron chi connectivity index (χ4n) is 10.1. The van der Waals surface area contributed by atoms with Crippen molar-refractivity contribution < 1.29 is 37.6 Å². The quantitative estimate of drug-likeness (QED) is 0.0264. The third-order valence-corrected chi connectivity index (χ3v) is 16.1. The Morgan fingerprint density at radius 3 is 1.00 bits per heavy atom. The van der Waals surface area contributed by atoms with E-state index < -0.39 is 26.5 Å². The molecule has 0 saturated heterocycles. The highest BCUT2D eigenvalue weighted by Crippen LogP contribution is 2.43. The van der Waals surface area contributed by atoms with E-state index in [9.17, 15) is 19.0 Å². The van der Waals surface area contributed by atoms with Gasteiger partial charge in [0.15, 0.2) is 6.10 Å². The lowest BCUT2D eigenvalue weighted by atomic mass is 10.0. The molecule has 0 aromatic heterocycles. The molecule has 0 fully saturated rings. The second-order valence-corrected chi connectivity index (χ2v) is 24.2. The van der Waals surface area contributed by atoms with Gasteiger partial charge in [0.1, 0.15) is 6.61 Å². The average molecular weight is 1090 g/mol.